The normalized spacial score (nSPS) is 10.1. The van der Waals surface area contributed by atoms with Gasteiger partial charge in [0.15, 0.2) is 0 Å². The average Bonchev–Trinajstić information content (AvgIpc) is 2.68. The number of aromatic nitrogens is 3. The van der Waals surface area contributed by atoms with Crippen LogP contribution < -0.4 is 15.4 Å². The summed E-state index contributed by atoms with van der Waals surface area (Å²) in [7, 11) is 1.61. The van der Waals surface area contributed by atoms with Crippen molar-refractivity contribution in [3.63, 3.8) is 0 Å². The van der Waals surface area contributed by atoms with Gasteiger partial charge in [0, 0.05) is 30.8 Å². The van der Waals surface area contributed by atoms with E-state index in [4.69, 9.17) is 4.74 Å². The Morgan fingerprint density at radius 2 is 1.80 bits per heavy atom. The Hall–Kier alpha value is -3.48. The van der Waals surface area contributed by atoms with Crippen LogP contribution in [0.25, 0.3) is 0 Å². The standard InChI is InChI=1S/C18H17N5O2/c1-25-15-4-2-14(3-5-15)22-18-20-11-8-16(23-18)17(24)21-12-13-6-9-19-10-7-13/h2-11H,12H2,1H3,(H,21,24)(H,20,22,23). The molecule has 0 unspecified atom stereocenters. The van der Waals surface area contributed by atoms with Crippen LogP contribution in [0.15, 0.2) is 61.1 Å². The van der Waals surface area contributed by atoms with E-state index in [2.05, 4.69) is 25.6 Å². The fraction of sp³-hybridized carbons (Fsp3) is 0.111. The molecule has 126 valence electrons. The number of pyridine rings is 1. The molecule has 2 aromatic heterocycles. The van der Waals surface area contributed by atoms with Crippen LogP contribution in [0.4, 0.5) is 11.6 Å². The van der Waals surface area contributed by atoms with E-state index >= 15 is 0 Å². The summed E-state index contributed by atoms with van der Waals surface area (Å²) >= 11 is 0. The number of anilines is 2. The minimum absolute atomic E-state index is 0.267. The quantitative estimate of drug-likeness (QED) is 0.720. The fourth-order valence-corrected chi connectivity index (χ4v) is 2.12. The van der Waals surface area contributed by atoms with Crippen molar-refractivity contribution in [3.8, 4) is 5.75 Å². The van der Waals surface area contributed by atoms with E-state index < -0.39 is 0 Å². The van der Waals surface area contributed by atoms with E-state index in [1.807, 2.05) is 36.4 Å². The van der Waals surface area contributed by atoms with Crippen molar-refractivity contribution in [2.75, 3.05) is 12.4 Å². The highest BCUT2D eigenvalue weighted by Gasteiger charge is 2.09. The maximum absolute atomic E-state index is 12.2. The zero-order valence-electron chi connectivity index (χ0n) is 13.6. The number of hydrogen-bond acceptors (Lipinski definition) is 6. The SMILES string of the molecule is COc1ccc(Nc2nccc(C(=O)NCc3ccncc3)n2)cc1. The zero-order chi connectivity index (χ0) is 17.5. The molecule has 0 aliphatic heterocycles. The summed E-state index contributed by atoms with van der Waals surface area (Å²) in [5.41, 5.74) is 2.06. The molecule has 7 heteroatoms. The Bertz CT molecular complexity index is 838. The predicted molar refractivity (Wildman–Crippen MR) is 93.7 cm³/mol. The first-order chi connectivity index (χ1) is 12.2. The largest absolute Gasteiger partial charge is 0.497 e. The molecule has 3 aromatic rings. The molecule has 0 saturated carbocycles. The second-order valence-electron chi connectivity index (χ2n) is 5.16. The molecule has 0 aliphatic rings. The summed E-state index contributed by atoms with van der Waals surface area (Å²) in [6.07, 6.45) is 4.91. The summed E-state index contributed by atoms with van der Waals surface area (Å²) in [5.74, 6) is 0.842. The van der Waals surface area contributed by atoms with E-state index in [1.54, 1.807) is 31.8 Å². The Kier molecular flexibility index (Phi) is 5.16. The maximum Gasteiger partial charge on any atom is 0.270 e. The van der Waals surface area contributed by atoms with Gasteiger partial charge in [-0.25, -0.2) is 9.97 Å². The number of rotatable bonds is 6. The molecule has 3 rings (SSSR count). The molecule has 25 heavy (non-hydrogen) atoms. The van der Waals surface area contributed by atoms with Crippen LogP contribution in [0.3, 0.4) is 0 Å². The molecule has 1 aromatic carbocycles. The number of amides is 1. The molecule has 7 nitrogen and oxygen atoms in total. The smallest absolute Gasteiger partial charge is 0.270 e. The van der Waals surface area contributed by atoms with Gasteiger partial charge in [-0.3, -0.25) is 9.78 Å². The highest BCUT2D eigenvalue weighted by atomic mass is 16.5. The molecule has 0 radical (unpaired) electrons. The van der Waals surface area contributed by atoms with E-state index in [1.165, 1.54) is 0 Å². The maximum atomic E-state index is 12.2. The number of methoxy groups -OCH3 is 1. The molecular formula is C18H17N5O2. The Balaban J connectivity index is 1.64. The lowest BCUT2D eigenvalue weighted by molar-refractivity contribution is 0.0946. The third-order valence-corrected chi connectivity index (χ3v) is 3.44. The van der Waals surface area contributed by atoms with Gasteiger partial charge >= 0.3 is 0 Å². The minimum Gasteiger partial charge on any atom is -0.497 e. The topological polar surface area (TPSA) is 89.0 Å². The lowest BCUT2D eigenvalue weighted by Crippen LogP contribution is -2.24. The van der Waals surface area contributed by atoms with Crippen LogP contribution in [0.5, 0.6) is 5.75 Å². The summed E-state index contributed by atoms with van der Waals surface area (Å²) in [4.78, 5) is 24.6. The molecule has 2 N–H and O–H groups in total. The van der Waals surface area contributed by atoms with Gasteiger partial charge in [0.25, 0.3) is 5.91 Å². The average molecular weight is 335 g/mol. The van der Waals surface area contributed by atoms with Gasteiger partial charge in [0.1, 0.15) is 11.4 Å². The Labute approximate surface area is 145 Å². The Morgan fingerprint density at radius 3 is 2.52 bits per heavy atom. The van der Waals surface area contributed by atoms with Gasteiger partial charge in [-0.15, -0.1) is 0 Å². The Morgan fingerprint density at radius 1 is 1.04 bits per heavy atom. The van der Waals surface area contributed by atoms with E-state index in [-0.39, 0.29) is 5.91 Å². The van der Waals surface area contributed by atoms with Crippen LogP contribution in [0.2, 0.25) is 0 Å². The number of hydrogen-bond donors (Lipinski definition) is 2. The molecule has 1 amide bonds. The molecule has 0 spiro atoms. The van der Waals surface area contributed by atoms with E-state index in [0.717, 1.165) is 17.0 Å². The molecule has 0 aliphatic carbocycles. The molecule has 0 fully saturated rings. The van der Waals surface area contributed by atoms with Gasteiger partial charge in [0.05, 0.1) is 7.11 Å². The van der Waals surface area contributed by atoms with E-state index in [9.17, 15) is 4.79 Å². The first kappa shape index (κ1) is 16.4. The lowest BCUT2D eigenvalue weighted by Gasteiger charge is -2.08. The van der Waals surface area contributed by atoms with E-state index in [0.29, 0.717) is 18.2 Å². The van der Waals surface area contributed by atoms with Gasteiger partial charge in [0.2, 0.25) is 5.95 Å². The third-order valence-electron chi connectivity index (χ3n) is 3.44. The van der Waals surface area contributed by atoms with Crippen LogP contribution in [0, 0.1) is 0 Å². The third kappa shape index (κ3) is 4.51. The van der Waals surface area contributed by atoms with Crippen molar-refractivity contribution < 1.29 is 9.53 Å². The van der Waals surface area contributed by atoms with Crippen molar-refractivity contribution in [1.82, 2.24) is 20.3 Å². The van der Waals surface area contributed by atoms with Crippen LogP contribution in [0.1, 0.15) is 16.1 Å². The second kappa shape index (κ2) is 7.87. The molecule has 2 heterocycles. The summed E-state index contributed by atoms with van der Waals surface area (Å²) in [6.45, 7) is 0.409. The van der Waals surface area contributed by atoms with Crippen LogP contribution >= 0.6 is 0 Å². The first-order valence-electron chi connectivity index (χ1n) is 7.66. The molecule has 0 saturated heterocycles. The zero-order valence-corrected chi connectivity index (χ0v) is 13.6. The number of carbonyl (C=O) groups is 1. The number of benzene rings is 1. The molecule has 0 atom stereocenters. The van der Waals surface area contributed by atoms with Crippen molar-refractivity contribution in [2.24, 2.45) is 0 Å². The second-order valence-corrected chi connectivity index (χ2v) is 5.16. The number of nitrogens with zero attached hydrogens (tertiary/aromatic N) is 3. The van der Waals surface area contributed by atoms with Crippen molar-refractivity contribution in [1.29, 1.82) is 0 Å². The lowest BCUT2D eigenvalue weighted by atomic mass is 10.2. The highest BCUT2D eigenvalue weighted by Crippen LogP contribution is 2.17. The number of carbonyl (C=O) groups excluding carboxylic acids is 1. The summed E-state index contributed by atoms with van der Waals surface area (Å²) in [6, 6.07) is 12.6. The van der Waals surface area contributed by atoms with Crippen molar-refractivity contribution >= 4 is 17.5 Å². The monoisotopic (exact) mass is 335 g/mol. The predicted octanol–water partition coefficient (Wildman–Crippen LogP) is 2.55. The number of ether oxygens (including phenoxy) is 1. The molecule has 0 bridgehead atoms. The fourth-order valence-electron chi connectivity index (χ4n) is 2.12. The van der Waals surface area contributed by atoms with Crippen LogP contribution in [-0.4, -0.2) is 28.0 Å². The van der Waals surface area contributed by atoms with Gasteiger partial charge in [-0.2, -0.15) is 0 Å². The highest BCUT2D eigenvalue weighted by molar-refractivity contribution is 5.92. The number of nitrogens with one attached hydrogen (secondary N) is 2. The van der Waals surface area contributed by atoms with Gasteiger partial charge in [-0.1, -0.05) is 0 Å². The van der Waals surface area contributed by atoms with Crippen LogP contribution in [-0.2, 0) is 6.54 Å². The van der Waals surface area contributed by atoms with Crippen molar-refractivity contribution in [2.45, 2.75) is 6.54 Å². The van der Waals surface area contributed by atoms with Crippen molar-refractivity contribution in [3.05, 3.63) is 72.3 Å². The van der Waals surface area contributed by atoms with Gasteiger partial charge in [-0.05, 0) is 48.0 Å². The minimum atomic E-state index is -0.267. The summed E-state index contributed by atoms with van der Waals surface area (Å²) < 4.78 is 5.12. The first-order valence-corrected chi connectivity index (χ1v) is 7.66. The summed E-state index contributed by atoms with van der Waals surface area (Å²) in [5, 5.41) is 5.88. The molecular weight excluding hydrogens is 318 g/mol. The van der Waals surface area contributed by atoms with Gasteiger partial charge < -0.3 is 15.4 Å².